The number of hydrogen-bond acceptors (Lipinski definition) is 5. The normalized spacial score (nSPS) is 14.9. The van der Waals surface area contributed by atoms with Gasteiger partial charge in [-0.2, -0.15) is 0 Å². The lowest BCUT2D eigenvalue weighted by Gasteiger charge is -2.15. The van der Waals surface area contributed by atoms with Crippen LogP contribution in [0.5, 0.6) is 0 Å². The van der Waals surface area contributed by atoms with E-state index in [1.165, 1.54) is 6.07 Å². The highest BCUT2D eigenvalue weighted by atomic mass is 79.9. The van der Waals surface area contributed by atoms with Crippen LogP contribution in [-0.4, -0.2) is 30.6 Å². The van der Waals surface area contributed by atoms with Crippen LogP contribution in [0.25, 0.3) is 11.6 Å². The Morgan fingerprint density at radius 2 is 1.93 bits per heavy atom. The molecule has 1 aliphatic rings. The van der Waals surface area contributed by atoms with E-state index in [4.69, 9.17) is 0 Å². The van der Waals surface area contributed by atoms with E-state index < -0.39 is 5.41 Å². The minimum absolute atomic E-state index is 0.140. The van der Waals surface area contributed by atoms with E-state index in [2.05, 4.69) is 41.3 Å². The molecule has 138 valence electrons. The molecule has 4 rings (SSSR count). The molecule has 0 saturated carbocycles. The molecule has 27 heavy (non-hydrogen) atoms. The quantitative estimate of drug-likeness (QED) is 0.644. The van der Waals surface area contributed by atoms with E-state index in [-0.39, 0.29) is 24.1 Å². The van der Waals surface area contributed by atoms with Gasteiger partial charge in [0.1, 0.15) is 22.1 Å². The number of aromatic nitrogens is 5. The number of nitrogens with zero attached hydrogens (tertiary/aromatic N) is 5. The van der Waals surface area contributed by atoms with Crippen LogP contribution >= 0.6 is 15.9 Å². The molecule has 1 amide bonds. The molecule has 3 aromatic rings. The summed E-state index contributed by atoms with van der Waals surface area (Å²) in [7, 11) is 0. The van der Waals surface area contributed by atoms with Gasteiger partial charge >= 0.3 is 0 Å². The molecule has 0 saturated heterocycles. The fourth-order valence-electron chi connectivity index (χ4n) is 3.01. The van der Waals surface area contributed by atoms with Crippen molar-refractivity contribution in [3.8, 4) is 11.6 Å². The highest BCUT2D eigenvalue weighted by molar-refractivity contribution is 9.10. The van der Waals surface area contributed by atoms with Crippen molar-refractivity contribution in [2.75, 3.05) is 5.32 Å². The maximum absolute atomic E-state index is 13.9. The number of carbonyl (C=O) groups is 1. The second-order valence-corrected chi connectivity index (χ2v) is 7.62. The maximum Gasteiger partial charge on any atom is 0.235 e. The predicted octanol–water partition coefficient (Wildman–Crippen LogP) is 3.22. The van der Waals surface area contributed by atoms with Gasteiger partial charge in [-0.05, 0) is 42.8 Å². The molecule has 0 unspecified atom stereocenters. The number of fused-ring (bicyclic) bond motifs is 1. The van der Waals surface area contributed by atoms with Gasteiger partial charge in [-0.25, -0.2) is 24.0 Å². The van der Waals surface area contributed by atoms with E-state index in [0.29, 0.717) is 33.2 Å². The first-order valence-corrected chi connectivity index (χ1v) is 9.11. The Kier molecular flexibility index (Phi) is 4.06. The van der Waals surface area contributed by atoms with Crippen LogP contribution in [0.1, 0.15) is 30.8 Å². The molecule has 9 heteroatoms. The Bertz CT molecular complexity index is 1080. The summed E-state index contributed by atoms with van der Waals surface area (Å²) in [6.45, 7) is 5.66. The lowest BCUT2D eigenvalue weighted by molar-refractivity contribution is -0.119. The number of rotatable bonds is 3. The molecular weight excluding hydrogens is 415 g/mol. The van der Waals surface area contributed by atoms with Crippen LogP contribution < -0.4 is 5.32 Å². The molecule has 7 nitrogen and oxygen atoms in total. The van der Waals surface area contributed by atoms with Crippen LogP contribution in [-0.2, 0) is 16.8 Å². The summed E-state index contributed by atoms with van der Waals surface area (Å²) in [4.78, 5) is 25.4. The number of halogens is 2. The molecular formula is C18H16BrFN6O. The predicted molar refractivity (Wildman–Crippen MR) is 101 cm³/mol. The molecule has 0 fully saturated rings. The van der Waals surface area contributed by atoms with Crippen molar-refractivity contribution < 1.29 is 9.18 Å². The lowest BCUT2D eigenvalue weighted by Crippen LogP contribution is -2.27. The Balaban J connectivity index is 1.72. The zero-order valence-electron chi connectivity index (χ0n) is 14.9. The van der Waals surface area contributed by atoms with E-state index in [0.717, 1.165) is 0 Å². The molecule has 2 aromatic heterocycles. The van der Waals surface area contributed by atoms with Gasteiger partial charge in [0.15, 0.2) is 0 Å². The van der Waals surface area contributed by atoms with Crippen molar-refractivity contribution in [1.82, 2.24) is 24.7 Å². The van der Waals surface area contributed by atoms with Crippen molar-refractivity contribution in [2.45, 2.75) is 32.7 Å². The van der Waals surface area contributed by atoms with Crippen LogP contribution in [0.2, 0.25) is 0 Å². The molecule has 3 heterocycles. The first kappa shape index (κ1) is 17.7. The SMILES string of the molecule is Cc1nc(-c2nc(Br)c3c(n2)NC(=O)C3(C)C)nn1Cc1ccccc1F. The largest absolute Gasteiger partial charge is 0.310 e. The fourth-order valence-corrected chi connectivity index (χ4v) is 3.86. The van der Waals surface area contributed by atoms with Gasteiger partial charge in [0.25, 0.3) is 0 Å². The van der Waals surface area contributed by atoms with E-state index >= 15 is 0 Å². The number of anilines is 1. The van der Waals surface area contributed by atoms with E-state index in [1.54, 1.807) is 29.8 Å². The minimum atomic E-state index is -0.722. The Morgan fingerprint density at radius 1 is 1.19 bits per heavy atom. The summed E-state index contributed by atoms with van der Waals surface area (Å²) < 4.78 is 16.0. The number of benzene rings is 1. The number of aryl methyl sites for hydroxylation is 1. The van der Waals surface area contributed by atoms with Gasteiger partial charge in [-0.3, -0.25) is 4.79 Å². The van der Waals surface area contributed by atoms with Gasteiger partial charge in [-0.15, -0.1) is 5.10 Å². The van der Waals surface area contributed by atoms with Gasteiger partial charge in [0, 0.05) is 11.1 Å². The average molecular weight is 431 g/mol. The highest BCUT2D eigenvalue weighted by Crippen LogP contribution is 2.40. The molecule has 0 bridgehead atoms. The summed E-state index contributed by atoms with van der Waals surface area (Å²) in [5.41, 5.74) is 0.501. The molecule has 0 aliphatic carbocycles. The second kappa shape index (κ2) is 6.19. The van der Waals surface area contributed by atoms with Crippen molar-refractivity contribution in [3.63, 3.8) is 0 Å². The molecule has 1 N–H and O–H groups in total. The van der Waals surface area contributed by atoms with E-state index in [9.17, 15) is 9.18 Å². The average Bonchev–Trinajstić information content (AvgIpc) is 3.07. The Morgan fingerprint density at radius 3 is 2.67 bits per heavy atom. The van der Waals surface area contributed by atoms with Crippen LogP contribution in [0.3, 0.4) is 0 Å². The third-order valence-corrected chi connectivity index (χ3v) is 5.20. The Labute approximate surface area is 163 Å². The second-order valence-electron chi connectivity index (χ2n) is 6.87. The standard InChI is InChI=1S/C18H16BrFN6O/c1-9-21-16(25-26(9)8-10-6-4-5-7-11(10)20)15-22-13(19)12-14(23-15)24-17(27)18(12,2)3/h4-7H,8H2,1-3H3,(H,22,23,24,27). The third kappa shape index (κ3) is 2.91. The van der Waals surface area contributed by atoms with Crippen molar-refractivity contribution in [3.05, 3.63) is 51.6 Å². The van der Waals surface area contributed by atoms with Gasteiger partial charge in [-0.1, -0.05) is 18.2 Å². The van der Waals surface area contributed by atoms with Gasteiger partial charge in [0.05, 0.1) is 12.0 Å². The zero-order chi connectivity index (χ0) is 19.3. The maximum atomic E-state index is 13.9. The van der Waals surface area contributed by atoms with Gasteiger partial charge in [0.2, 0.25) is 17.6 Å². The van der Waals surface area contributed by atoms with Crippen molar-refractivity contribution in [1.29, 1.82) is 0 Å². The molecule has 0 spiro atoms. The minimum Gasteiger partial charge on any atom is -0.310 e. The van der Waals surface area contributed by atoms with Crippen molar-refractivity contribution in [2.24, 2.45) is 0 Å². The van der Waals surface area contributed by atoms with Crippen LogP contribution in [0.4, 0.5) is 10.2 Å². The summed E-state index contributed by atoms with van der Waals surface area (Å²) in [5, 5.41) is 7.19. The lowest BCUT2D eigenvalue weighted by atomic mass is 9.88. The number of hydrogen-bond donors (Lipinski definition) is 1. The van der Waals surface area contributed by atoms with E-state index in [1.807, 2.05) is 13.8 Å². The first-order chi connectivity index (χ1) is 12.8. The van der Waals surface area contributed by atoms with Gasteiger partial charge < -0.3 is 5.32 Å². The first-order valence-electron chi connectivity index (χ1n) is 8.32. The molecule has 1 aromatic carbocycles. The summed E-state index contributed by atoms with van der Waals surface area (Å²) in [6, 6.07) is 6.53. The topological polar surface area (TPSA) is 85.6 Å². The fraction of sp³-hybridized carbons (Fsp3) is 0.278. The molecule has 1 aliphatic heterocycles. The molecule has 0 radical (unpaired) electrons. The van der Waals surface area contributed by atoms with Crippen LogP contribution in [0, 0.1) is 12.7 Å². The van der Waals surface area contributed by atoms with Crippen LogP contribution in [0.15, 0.2) is 28.9 Å². The van der Waals surface area contributed by atoms with Crippen molar-refractivity contribution >= 4 is 27.7 Å². The Hall–Kier alpha value is -2.68. The summed E-state index contributed by atoms with van der Waals surface area (Å²) >= 11 is 3.43. The third-order valence-electron chi connectivity index (χ3n) is 4.62. The summed E-state index contributed by atoms with van der Waals surface area (Å²) in [5.74, 6) is 1.22. The monoisotopic (exact) mass is 430 g/mol. The summed E-state index contributed by atoms with van der Waals surface area (Å²) in [6.07, 6.45) is 0. The number of carbonyl (C=O) groups excluding carboxylic acids is 1. The molecule has 0 atom stereocenters. The number of nitrogens with one attached hydrogen (secondary N) is 1. The smallest absolute Gasteiger partial charge is 0.235 e. The zero-order valence-corrected chi connectivity index (χ0v) is 16.5. The number of amides is 1. The highest BCUT2D eigenvalue weighted by Gasteiger charge is 2.42.